The van der Waals surface area contributed by atoms with Gasteiger partial charge < -0.3 is 5.32 Å². The fourth-order valence-electron chi connectivity index (χ4n) is 2.45. The molecule has 1 unspecified atom stereocenters. The predicted octanol–water partition coefficient (Wildman–Crippen LogP) is 4.58. The molecule has 104 valence electrons. The Balaban J connectivity index is 1.92. The van der Waals surface area contributed by atoms with Crippen LogP contribution < -0.4 is 5.32 Å². The summed E-state index contributed by atoms with van der Waals surface area (Å²) in [7, 11) is 0. The Hall–Kier alpha value is -1.32. The summed E-state index contributed by atoms with van der Waals surface area (Å²) < 4.78 is 0. The number of amides is 1. The van der Waals surface area contributed by atoms with Gasteiger partial charge in [-0.15, -0.1) is 22.9 Å². The molecule has 1 amide bonds. The van der Waals surface area contributed by atoms with Crippen molar-refractivity contribution in [1.82, 2.24) is 0 Å². The van der Waals surface area contributed by atoms with Crippen LogP contribution in [0.15, 0.2) is 24.3 Å². The van der Waals surface area contributed by atoms with E-state index in [4.69, 9.17) is 11.6 Å². The Labute approximate surface area is 127 Å². The summed E-state index contributed by atoms with van der Waals surface area (Å²) in [5.74, 6) is 0.0946. The molecule has 0 bridgehead atoms. The lowest BCUT2D eigenvalue weighted by molar-refractivity contribution is -0.116. The lowest BCUT2D eigenvalue weighted by Gasteiger charge is -2.18. The lowest BCUT2D eigenvalue weighted by Crippen LogP contribution is -2.19. The molecule has 20 heavy (non-hydrogen) atoms. The number of nitrogens with one attached hydrogen (secondary N) is 1. The highest BCUT2D eigenvalue weighted by molar-refractivity contribution is 7.12. The number of aryl methyl sites for hydroxylation is 3. The van der Waals surface area contributed by atoms with Gasteiger partial charge in [-0.2, -0.15) is 0 Å². The molecule has 2 heterocycles. The van der Waals surface area contributed by atoms with Crippen LogP contribution in [0.5, 0.6) is 0 Å². The first-order chi connectivity index (χ1) is 9.54. The summed E-state index contributed by atoms with van der Waals surface area (Å²) in [5.41, 5.74) is 4.49. The van der Waals surface area contributed by atoms with Crippen molar-refractivity contribution >= 4 is 34.5 Å². The molecule has 0 aliphatic carbocycles. The minimum atomic E-state index is -0.115. The average Bonchev–Trinajstić information content (AvgIpc) is 2.77. The molecule has 0 saturated carbocycles. The van der Waals surface area contributed by atoms with Gasteiger partial charge in [0.25, 0.3) is 0 Å². The van der Waals surface area contributed by atoms with Gasteiger partial charge in [0.2, 0.25) is 5.91 Å². The fraction of sp³-hybridized carbons (Fsp3) is 0.312. The zero-order chi connectivity index (χ0) is 14.3. The first-order valence-corrected chi connectivity index (χ1v) is 7.93. The average molecular weight is 306 g/mol. The van der Waals surface area contributed by atoms with E-state index in [0.717, 1.165) is 17.7 Å². The van der Waals surface area contributed by atoms with Crippen LogP contribution >= 0.6 is 22.9 Å². The third-order valence-corrected chi connectivity index (χ3v) is 5.59. The van der Waals surface area contributed by atoms with E-state index in [1.807, 2.05) is 12.1 Å². The molecule has 0 spiro atoms. The van der Waals surface area contributed by atoms with Crippen molar-refractivity contribution in [2.24, 2.45) is 0 Å². The highest BCUT2D eigenvalue weighted by Crippen LogP contribution is 2.37. The molecule has 1 aliphatic rings. The standard InChI is InChI=1S/C16H16ClNOS/c1-9-7-14(20-10(9)2)16(17)12-3-5-13-11(8-12)4-6-15(19)18-13/h3,5,7-8,16H,4,6H2,1-2H3,(H,18,19). The zero-order valence-corrected chi connectivity index (χ0v) is 13.1. The third kappa shape index (κ3) is 2.48. The Morgan fingerprint density at radius 3 is 2.75 bits per heavy atom. The van der Waals surface area contributed by atoms with Gasteiger partial charge in [0.1, 0.15) is 0 Å². The normalized spacial score (nSPS) is 15.7. The molecule has 1 N–H and O–H groups in total. The van der Waals surface area contributed by atoms with E-state index in [9.17, 15) is 4.79 Å². The van der Waals surface area contributed by atoms with Crippen molar-refractivity contribution in [1.29, 1.82) is 0 Å². The van der Waals surface area contributed by atoms with Gasteiger partial charge in [0.15, 0.2) is 0 Å². The number of anilines is 1. The second-order valence-electron chi connectivity index (χ2n) is 5.22. The highest BCUT2D eigenvalue weighted by Gasteiger charge is 2.19. The number of fused-ring (bicyclic) bond motifs is 1. The van der Waals surface area contributed by atoms with Gasteiger partial charge in [-0.05, 0) is 49.1 Å². The summed E-state index contributed by atoms with van der Waals surface area (Å²) in [4.78, 5) is 13.9. The lowest BCUT2D eigenvalue weighted by atomic mass is 9.98. The van der Waals surface area contributed by atoms with E-state index in [-0.39, 0.29) is 11.3 Å². The van der Waals surface area contributed by atoms with Crippen LogP contribution in [-0.4, -0.2) is 5.91 Å². The molecule has 4 heteroatoms. The van der Waals surface area contributed by atoms with Crippen molar-refractivity contribution in [2.45, 2.75) is 32.1 Å². The second-order valence-corrected chi connectivity index (χ2v) is 6.94. The van der Waals surface area contributed by atoms with Crippen LogP contribution in [-0.2, 0) is 11.2 Å². The molecule has 0 saturated heterocycles. The molecule has 1 aromatic carbocycles. The number of alkyl halides is 1. The van der Waals surface area contributed by atoms with Gasteiger partial charge in [0.05, 0.1) is 5.38 Å². The first-order valence-electron chi connectivity index (χ1n) is 6.68. The minimum Gasteiger partial charge on any atom is -0.326 e. The quantitative estimate of drug-likeness (QED) is 0.809. The van der Waals surface area contributed by atoms with E-state index in [0.29, 0.717) is 6.42 Å². The monoisotopic (exact) mass is 305 g/mol. The summed E-state index contributed by atoms with van der Waals surface area (Å²) in [6, 6.07) is 8.26. The van der Waals surface area contributed by atoms with Crippen molar-refractivity contribution in [2.75, 3.05) is 5.32 Å². The maximum atomic E-state index is 11.4. The number of halogens is 1. The number of rotatable bonds is 2. The Morgan fingerprint density at radius 1 is 1.25 bits per heavy atom. The molecule has 1 aromatic heterocycles. The topological polar surface area (TPSA) is 29.1 Å². The van der Waals surface area contributed by atoms with Crippen molar-refractivity contribution in [3.8, 4) is 0 Å². The molecular weight excluding hydrogens is 290 g/mol. The fourth-order valence-corrected chi connectivity index (χ4v) is 3.83. The van der Waals surface area contributed by atoms with Crippen LogP contribution in [0.2, 0.25) is 0 Å². The van der Waals surface area contributed by atoms with Gasteiger partial charge in [-0.25, -0.2) is 0 Å². The molecule has 2 nitrogen and oxygen atoms in total. The van der Waals surface area contributed by atoms with Gasteiger partial charge in [-0.3, -0.25) is 4.79 Å². The van der Waals surface area contributed by atoms with E-state index < -0.39 is 0 Å². The van der Waals surface area contributed by atoms with E-state index in [1.54, 1.807) is 11.3 Å². The smallest absolute Gasteiger partial charge is 0.224 e. The number of hydrogen-bond donors (Lipinski definition) is 1. The van der Waals surface area contributed by atoms with Crippen LogP contribution in [0.3, 0.4) is 0 Å². The van der Waals surface area contributed by atoms with Gasteiger partial charge >= 0.3 is 0 Å². The van der Waals surface area contributed by atoms with E-state index in [2.05, 4.69) is 31.3 Å². The van der Waals surface area contributed by atoms with Crippen molar-refractivity contribution in [3.63, 3.8) is 0 Å². The minimum absolute atomic E-state index is 0.0946. The summed E-state index contributed by atoms with van der Waals surface area (Å²) in [6.45, 7) is 4.23. The number of hydrogen-bond acceptors (Lipinski definition) is 2. The van der Waals surface area contributed by atoms with Gasteiger partial charge in [0, 0.05) is 21.9 Å². The van der Waals surface area contributed by atoms with Crippen LogP contribution in [0.1, 0.15) is 38.2 Å². The Kier molecular flexibility index (Phi) is 3.57. The number of carbonyl (C=O) groups is 1. The molecule has 0 fully saturated rings. The van der Waals surface area contributed by atoms with Gasteiger partial charge in [-0.1, -0.05) is 12.1 Å². The highest BCUT2D eigenvalue weighted by atomic mass is 35.5. The largest absolute Gasteiger partial charge is 0.326 e. The van der Waals surface area contributed by atoms with Crippen LogP contribution in [0, 0.1) is 13.8 Å². The maximum Gasteiger partial charge on any atom is 0.224 e. The molecule has 1 aliphatic heterocycles. The SMILES string of the molecule is Cc1cc(C(Cl)c2ccc3c(c2)CCC(=O)N3)sc1C. The molecule has 3 rings (SSSR count). The molecule has 2 aromatic rings. The molecule has 1 atom stereocenters. The molecule has 0 radical (unpaired) electrons. The summed E-state index contributed by atoms with van der Waals surface area (Å²) in [5, 5.41) is 2.78. The van der Waals surface area contributed by atoms with Crippen molar-refractivity contribution in [3.05, 3.63) is 50.7 Å². The predicted molar refractivity (Wildman–Crippen MR) is 84.9 cm³/mol. The maximum absolute atomic E-state index is 11.4. The molecular formula is C16H16ClNOS. The van der Waals surface area contributed by atoms with Crippen LogP contribution in [0.4, 0.5) is 5.69 Å². The number of thiophene rings is 1. The Bertz CT molecular complexity index is 658. The first kappa shape index (κ1) is 13.7. The number of carbonyl (C=O) groups excluding carboxylic acids is 1. The summed E-state index contributed by atoms with van der Waals surface area (Å²) in [6.07, 6.45) is 1.35. The Morgan fingerprint density at radius 2 is 2.05 bits per heavy atom. The van der Waals surface area contributed by atoms with E-state index in [1.165, 1.54) is 20.9 Å². The summed E-state index contributed by atoms with van der Waals surface area (Å²) >= 11 is 8.36. The third-order valence-electron chi connectivity index (χ3n) is 3.75. The zero-order valence-electron chi connectivity index (χ0n) is 11.5. The van der Waals surface area contributed by atoms with E-state index >= 15 is 0 Å². The van der Waals surface area contributed by atoms with Crippen molar-refractivity contribution < 1.29 is 4.79 Å². The number of benzene rings is 1. The second kappa shape index (κ2) is 5.23. The van der Waals surface area contributed by atoms with Crippen LogP contribution in [0.25, 0.3) is 0 Å².